The number of aliphatic hydroxyl groups is 1. The number of hydrogen-bond acceptors (Lipinski definition) is 4. The maximum Gasteiger partial charge on any atom is 0.421 e. The highest BCUT2D eigenvalue weighted by atomic mass is 19.4. The lowest BCUT2D eigenvalue weighted by atomic mass is 10.1. The highest BCUT2D eigenvalue weighted by Gasteiger charge is 2.42. The highest BCUT2D eigenvalue weighted by Crippen LogP contribution is 2.30. The Morgan fingerprint density at radius 1 is 1.27 bits per heavy atom. The Bertz CT molecular complexity index is 341. The number of aromatic nitrogens is 4. The van der Waals surface area contributed by atoms with Gasteiger partial charge in [0.15, 0.2) is 0 Å². The molecule has 5 nitrogen and oxygen atoms in total. The Morgan fingerprint density at radius 3 is 2.13 bits per heavy atom. The second-order valence-corrected chi connectivity index (χ2v) is 4.05. The van der Waals surface area contributed by atoms with Crippen LogP contribution < -0.4 is 0 Å². The van der Waals surface area contributed by atoms with Gasteiger partial charge in [-0.3, -0.25) is 0 Å². The first-order valence-corrected chi connectivity index (χ1v) is 4.17. The van der Waals surface area contributed by atoms with Gasteiger partial charge in [-0.05, 0) is 26.0 Å². The molecule has 15 heavy (non-hydrogen) atoms. The van der Waals surface area contributed by atoms with Crippen molar-refractivity contribution in [1.29, 1.82) is 0 Å². The van der Waals surface area contributed by atoms with Crippen molar-refractivity contribution in [1.82, 2.24) is 20.2 Å². The van der Waals surface area contributed by atoms with E-state index < -0.39 is 23.6 Å². The minimum atomic E-state index is -4.77. The van der Waals surface area contributed by atoms with E-state index in [1.54, 1.807) is 20.8 Å². The van der Waals surface area contributed by atoms with Gasteiger partial charge >= 0.3 is 6.18 Å². The summed E-state index contributed by atoms with van der Waals surface area (Å²) in [5.74, 6) is -0.738. The smallest absolute Gasteiger partial charge is 0.377 e. The molecule has 0 aliphatic carbocycles. The molecule has 86 valence electrons. The number of nitrogens with zero attached hydrogens (tertiary/aromatic N) is 4. The van der Waals surface area contributed by atoms with Crippen molar-refractivity contribution in [2.24, 2.45) is 0 Å². The SMILES string of the molecule is CC(C)(C)n1nnc(C(O)C(F)(F)F)n1. The maximum absolute atomic E-state index is 12.1. The third kappa shape index (κ3) is 2.65. The summed E-state index contributed by atoms with van der Waals surface area (Å²) < 4.78 is 36.2. The van der Waals surface area contributed by atoms with Gasteiger partial charge in [0.05, 0.1) is 5.54 Å². The number of rotatable bonds is 1. The van der Waals surface area contributed by atoms with E-state index in [1.165, 1.54) is 0 Å². The molecule has 1 aromatic rings. The first-order valence-electron chi connectivity index (χ1n) is 4.17. The summed E-state index contributed by atoms with van der Waals surface area (Å²) in [5.41, 5.74) is -0.573. The van der Waals surface area contributed by atoms with Crippen molar-refractivity contribution >= 4 is 0 Å². The Morgan fingerprint density at radius 2 is 1.80 bits per heavy atom. The van der Waals surface area contributed by atoms with Gasteiger partial charge in [-0.15, -0.1) is 10.2 Å². The molecular weight excluding hydrogens is 213 g/mol. The zero-order valence-electron chi connectivity index (χ0n) is 8.45. The van der Waals surface area contributed by atoms with E-state index in [2.05, 4.69) is 15.4 Å². The molecular formula is C7H11F3N4O. The summed E-state index contributed by atoms with van der Waals surface area (Å²) in [4.78, 5) is 1.03. The zero-order valence-corrected chi connectivity index (χ0v) is 8.45. The molecule has 0 aliphatic rings. The van der Waals surface area contributed by atoms with Gasteiger partial charge < -0.3 is 5.11 Å². The van der Waals surface area contributed by atoms with Crippen LogP contribution in [0.4, 0.5) is 13.2 Å². The van der Waals surface area contributed by atoms with Crippen LogP contribution in [0.5, 0.6) is 0 Å². The molecule has 0 radical (unpaired) electrons. The Labute approximate surface area is 83.9 Å². The molecule has 0 amide bonds. The normalized spacial score (nSPS) is 15.4. The van der Waals surface area contributed by atoms with Crippen LogP contribution >= 0.6 is 0 Å². The van der Waals surface area contributed by atoms with E-state index in [-0.39, 0.29) is 0 Å². The number of hydrogen-bond donors (Lipinski definition) is 1. The highest BCUT2D eigenvalue weighted by molar-refractivity contribution is 4.89. The van der Waals surface area contributed by atoms with Gasteiger partial charge in [0.1, 0.15) is 0 Å². The number of tetrazole rings is 1. The number of aliphatic hydroxyl groups excluding tert-OH is 1. The molecule has 0 bridgehead atoms. The van der Waals surface area contributed by atoms with Crippen LogP contribution in [-0.4, -0.2) is 31.5 Å². The van der Waals surface area contributed by atoms with Gasteiger partial charge in [-0.1, -0.05) is 0 Å². The first kappa shape index (κ1) is 11.9. The maximum atomic E-state index is 12.1. The largest absolute Gasteiger partial charge is 0.421 e. The Balaban J connectivity index is 2.95. The Kier molecular flexibility index (Phi) is 2.73. The molecule has 0 aromatic carbocycles. The van der Waals surface area contributed by atoms with Crippen LogP contribution in [0, 0.1) is 0 Å². The summed E-state index contributed by atoms with van der Waals surface area (Å²) in [6.07, 6.45) is -7.46. The molecule has 0 saturated carbocycles. The minimum Gasteiger partial charge on any atom is -0.377 e. The predicted molar refractivity (Wildman–Crippen MR) is 43.8 cm³/mol. The van der Waals surface area contributed by atoms with Crippen molar-refractivity contribution in [2.45, 2.75) is 38.6 Å². The molecule has 8 heteroatoms. The lowest BCUT2D eigenvalue weighted by molar-refractivity contribution is -0.209. The van der Waals surface area contributed by atoms with Crippen molar-refractivity contribution in [3.63, 3.8) is 0 Å². The summed E-state index contributed by atoms with van der Waals surface area (Å²) in [6, 6.07) is 0. The van der Waals surface area contributed by atoms with Gasteiger partial charge in [-0.2, -0.15) is 18.0 Å². The second kappa shape index (κ2) is 3.44. The van der Waals surface area contributed by atoms with E-state index >= 15 is 0 Å². The molecule has 1 N–H and O–H groups in total. The monoisotopic (exact) mass is 224 g/mol. The molecule has 0 saturated heterocycles. The summed E-state index contributed by atoms with van der Waals surface area (Å²) in [5, 5.41) is 18.9. The van der Waals surface area contributed by atoms with E-state index in [0.29, 0.717) is 0 Å². The van der Waals surface area contributed by atoms with Crippen molar-refractivity contribution in [3.8, 4) is 0 Å². The van der Waals surface area contributed by atoms with E-state index in [9.17, 15) is 13.2 Å². The first-order chi connectivity index (χ1) is 6.62. The van der Waals surface area contributed by atoms with E-state index in [1.807, 2.05) is 0 Å². The van der Waals surface area contributed by atoms with Crippen LogP contribution in [0.3, 0.4) is 0 Å². The number of alkyl halides is 3. The topological polar surface area (TPSA) is 63.8 Å². The third-order valence-electron chi connectivity index (χ3n) is 1.58. The molecule has 1 rings (SSSR count). The van der Waals surface area contributed by atoms with Gasteiger partial charge in [-0.25, -0.2) is 0 Å². The van der Waals surface area contributed by atoms with Crippen molar-refractivity contribution < 1.29 is 18.3 Å². The molecule has 0 spiro atoms. The summed E-state index contributed by atoms with van der Waals surface area (Å²) in [7, 11) is 0. The zero-order chi connectivity index (χ0) is 11.9. The number of halogens is 3. The van der Waals surface area contributed by atoms with Crippen molar-refractivity contribution in [3.05, 3.63) is 5.82 Å². The van der Waals surface area contributed by atoms with Crippen LogP contribution in [0.2, 0.25) is 0 Å². The van der Waals surface area contributed by atoms with Crippen LogP contribution in [0.25, 0.3) is 0 Å². The average molecular weight is 224 g/mol. The fourth-order valence-electron chi connectivity index (χ4n) is 0.765. The fraction of sp³-hybridized carbons (Fsp3) is 0.857. The lowest BCUT2D eigenvalue weighted by Crippen LogP contribution is -2.26. The molecule has 1 heterocycles. The van der Waals surface area contributed by atoms with E-state index in [0.717, 1.165) is 4.80 Å². The minimum absolute atomic E-state index is 0.573. The summed E-state index contributed by atoms with van der Waals surface area (Å²) >= 11 is 0. The molecule has 1 atom stereocenters. The van der Waals surface area contributed by atoms with Crippen LogP contribution in [0.15, 0.2) is 0 Å². The quantitative estimate of drug-likeness (QED) is 0.773. The standard InChI is InChI=1S/C7H11F3N4O/c1-6(2,3)14-12-5(11-13-14)4(15)7(8,9)10/h4,15H,1-3H3. The molecule has 1 unspecified atom stereocenters. The molecule has 0 fully saturated rings. The fourth-order valence-corrected chi connectivity index (χ4v) is 0.765. The van der Waals surface area contributed by atoms with Gasteiger partial charge in [0, 0.05) is 0 Å². The van der Waals surface area contributed by atoms with Gasteiger partial charge in [0.2, 0.25) is 11.9 Å². The Hall–Kier alpha value is -1.18. The van der Waals surface area contributed by atoms with Gasteiger partial charge in [0.25, 0.3) is 0 Å². The second-order valence-electron chi connectivity index (χ2n) is 4.05. The van der Waals surface area contributed by atoms with E-state index in [4.69, 9.17) is 5.11 Å². The van der Waals surface area contributed by atoms with Crippen LogP contribution in [0.1, 0.15) is 32.7 Å². The molecule has 1 aromatic heterocycles. The van der Waals surface area contributed by atoms with Crippen LogP contribution in [-0.2, 0) is 5.54 Å². The third-order valence-corrected chi connectivity index (χ3v) is 1.58. The summed E-state index contributed by atoms with van der Waals surface area (Å²) in [6.45, 7) is 5.12. The lowest BCUT2D eigenvalue weighted by Gasteiger charge is -2.15. The average Bonchev–Trinajstić information content (AvgIpc) is 2.47. The van der Waals surface area contributed by atoms with Crippen molar-refractivity contribution in [2.75, 3.05) is 0 Å². The predicted octanol–water partition coefficient (Wildman–Crippen LogP) is 1.02. The molecule has 0 aliphatic heterocycles.